The second-order valence-corrected chi connectivity index (χ2v) is 5.23. The smallest absolute Gasteiger partial charge is 0.230 e. The first kappa shape index (κ1) is 10.8. The van der Waals surface area contributed by atoms with Gasteiger partial charge in [-0.05, 0) is 25.1 Å². The third-order valence-electron chi connectivity index (χ3n) is 2.73. The quantitative estimate of drug-likeness (QED) is 0.901. The molecular weight excluding hydrogens is 234 g/mol. The van der Waals surface area contributed by atoms with Crippen molar-refractivity contribution in [1.29, 1.82) is 0 Å². The highest BCUT2D eigenvalue weighted by molar-refractivity contribution is 7.99. The number of hydrogen-bond acceptors (Lipinski definition) is 5. The normalized spacial score (nSPS) is 18.3. The topological polar surface area (TPSA) is 51.0 Å². The number of rotatable bonds is 3. The molecule has 3 rings (SSSR count). The molecule has 0 amide bonds. The molecule has 1 atom stereocenters. The van der Waals surface area contributed by atoms with Gasteiger partial charge in [-0.15, -0.1) is 22.0 Å². The maximum atomic E-state index is 5.63. The molecule has 1 aromatic carbocycles. The minimum atomic E-state index is 0.269. The van der Waals surface area contributed by atoms with Crippen LogP contribution in [0.2, 0.25) is 0 Å². The monoisotopic (exact) mass is 247 g/mol. The molecule has 88 valence electrons. The average molecular weight is 247 g/mol. The molecule has 17 heavy (non-hydrogen) atoms. The highest BCUT2D eigenvalue weighted by Crippen LogP contribution is 2.45. The minimum Gasteiger partial charge on any atom is -0.423 e. The molecule has 1 unspecified atom stereocenters. The van der Waals surface area contributed by atoms with Gasteiger partial charge in [0.1, 0.15) is 0 Å². The number of thioether (sulfide) groups is 1. The Morgan fingerprint density at radius 3 is 3.12 bits per heavy atom. The summed E-state index contributed by atoms with van der Waals surface area (Å²) in [7, 11) is 1.87. The van der Waals surface area contributed by atoms with Gasteiger partial charge in [-0.25, -0.2) is 0 Å². The Morgan fingerprint density at radius 2 is 2.29 bits per heavy atom. The van der Waals surface area contributed by atoms with Crippen molar-refractivity contribution in [3.05, 3.63) is 41.6 Å². The first-order valence-electron chi connectivity index (χ1n) is 5.58. The fraction of sp³-hybridized carbons (Fsp3) is 0.333. The maximum absolute atomic E-state index is 5.63. The van der Waals surface area contributed by atoms with Gasteiger partial charge in [-0.1, -0.05) is 18.2 Å². The van der Waals surface area contributed by atoms with Crippen LogP contribution in [0, 0.1) is 0 Å². The van der Waals surface area contributed by atoms with Gasteiger partial charge < -0.3 is 9.73 Å². The van der Waals surface area contributed by atoms with Gasteiger partial charge >= 0.3 is 0 Å². The Balaban J connectivity index is 1.79. The third-order valence-corrected chi connectivity index (χ3v) is 4.04. The Kier molecular flexibility index (Phi) is 2.86. The molecular formula is C12H13N3OS. The van der Waals surface area contributed by atoms with E-state index in [2.05, 4.69) is 39.8 Å². The zero-order valence-electron chi connectivity index (χ0n) is 9.51. The minimum absolute atomic E-state index is 0.269. The molecule has 0 aliphatic carbocycles. The van der Waals surface area contributed by atoms with Crippen molar-refractivity contribution in [2.45, 2.75) is 23.1 Å². The van der Waals surface area contributed by atoms with E-state index in [0.717, 1.165) is 12.3 Å². The highest BCUT2D eigenvalue weighted by Gasteiger charge is 2.27. The van der Waals surface area contributed by atoms with Crippen molar-refractivity contribution in [3.8, 4) is 0 Å². The molecule has 4 nitrogen and oxygen atoms in total. The van der Waals surface area contributed by atoms with Crippen LogP contribution < -0.4 is 5.32 Å². The standard InChI is InChI=1S/C12H13N3OS/c1-13-7-11-14-15-12(16-11)10-6-8-4-2-3-5-9(8)17-10/h2-5,10,13H,6-7H2,1H3. The number of hydrogen-bond donors (Lipinski definition) is 1. The van der Waals surface area contributed by atoms with Crippen molar-refractivity contribution in [2.24, 2.45) is 0 Å². The molecule has 1 N–H and O–H groups in total. The average Bonchev–Trinajstić information content (AvgIpc) is 2.94. The molecule has 0 saturated heterocycles. The molecule has 2 aromatic rings. The lowest BCUT2D eigenvalue weighted by Gasteiger charge is -2.00. The fourth-order valence-corrected chi connectivity index (χ4v) is 3.16. The molecule has 2 heterocycles. The summed E-state index contributed by atoms with van der Waals surface area (Å²) in [6.07, 6.45) is 0.974. The molecule has 0 radical (unpaired) electrons. The first-order valence-corrected chi connectivity index (χ1v) is 6.46. The van der Waals surface area contributed by atoms with Crippen LogP contribution in [0.5, 0.6) is 0 Å². The summed E-state index contributed by atoms with van der Waals surface area (Å²) in [4.78, 5) is 1.32. The summed E-state index contributed by atoms with van der Waals surface area (Å²) in [6.45, 7) is 0.622. The molecule has 1 aromatic heterocycles. The van der Waals surface area contributed by atoms with E-state index in [9.17, 15) is 0 Å². The molecule has 0 saturated carbocycles. The second-order valence-electron chi connectivity index (χ2n) is 3.98. The van der Waals surface area contributed by atoms with Crippen LogP contribution in [0.1, 0.15) is 22.6 Å². The summed E-state index contributed by atoms with van der Waals surface area (Å²) in [5.41, 5.74) is 1.37. The fourth-order valence-electron chi connectivity index (χ4n) is 1.94. The summed E-state index contributed by atoms with van der Waals surface area (Å²) < 4.78 is 5.63. The summed E-state index contributed by atoms with van der Waals surface area (Å²) in [5, 5.41) is 11.4. The lowest BCUT2D eigenvalue weighted by atomic mass is 10.1. The van der Waals surface area contributed by atoms with Gasteiger partial charge in [0.25, 0.3) is 0 Å². The SMILES string of the molecule is CNCc1nnc(C2Cc3ccccc3S2)o1. The van der Waals surface area contributed by atoms with Gasteiger partial charge in [0.2, 0.25) is 11.8 Å². The maximum Gasteiger partial charge on any atom is 0.230 e. The summed E-state index contributed by atoms with van der Waals surface area (Å²) >= 11 is 1.80. The summed E-state index contributed by atoms with van der Waals surface area (Å²) in [5.74, 6) is 1.38. The molecule has 0 fully saturated rings. The van der Waals surface area contributed by atoms with Crippen molar-refractivity contribution < 1.29 is 4.42 Å². The molecule has 0 bridgehead atoms. The van der Waals surface area contributed by atoms with E-state index in [1.54, 1.807) is 11.8 Å². The van der Waals surface area contributed by atoms with Gasteiger partial charge in [-0.2, -0.15) is 0 Å². The number of fused-ring (bicyclic) bond motifs is 1. The Morgan fingerprint density at radius 1 is 1.41 bits per heavy atom. The van der Waals surface area contributed by atoms with Gasteiger partial charge in [-0.3, -0.25) is 0 Å². The molecule has 1 aliphatic rings. The van der Waals surface area contributed by atoms with Gasteiger partial charge in [0.15, 0.2) is 0 Å². The lowest BCUT2D eigenvalue weighted by Crippen LogP contribution is -2.04. The van der Waals surface area contributed by atoms with Crippen LogP contribution in [0.3, 0.4) is 0 Å². The van der Waals surface area contributed by atoms with E-state index >= 15 is 0 Å². The van der Waals surface area contributed by atoms with E-state index in [-0.39, 0.29) is 5.25 Å². The van der Waals surface area contributed by atoms with Crippen molar-refractivity contribution in [3.63, 3.8) is 0 Å². The number of aromatic nitrogens is 2. The first-order chi connectivity index (χ1) is 8.36. The Hall–Kier alpha value is -1.33. The van der Waals surface area contributed by atoms with Crippen LogP contribution in [0.25, 0.3) is 0 Å². The molecule has 1 aliphatic heterocycles. The van der Waals surface area contributed by atoms with Crippen molar-refractivity contribution >= 4 is 11.8 Å². The van der Waals surface area contributed by atoms with Crippen LogP contribution >= 0.6 is 11.8 Å². The van der Waals surface area contributed by atoms with Crippen LogP contribution in [0.15, 0.2) is 33.6 Å². The van der Waals surface area contributed by atoms with Gasteiger partial charge in [0.05, 0.1) is 11.8 Å². The highest BCUT2D eigenvalue weighted by atomic mass is 32.2. The van der Waals surface area contributed by atoms with E-state index in [0.29, 0.717) is 12.4 Å². The Labute approximate surface area is 104 Å². The van der Waals surface area contributed by atoms with Crippen LogP contribution in [-0.2, 0) is 13.0 Å². The number of nitrogens with one attached hydrogen (secondary N) is 1. The molecule has 0 spiro atoms. The zero-order valence-corrected chi connectivity index (χ0v) is 10.3. The van der Waals surface area contributed by atoms with E-state index in [1.807, 2.05) is 7.05 Å². The lowest BCUT2D eigenvalue weighted by molar-refractivity contribution is 0.437. The Bertz CT molecular complexity index is 501. The second kappa shape index (κ2) is 4.50. The van der Waals surface area contributed by atoms with E-state index in [4.69, 9.17) is 4.42 Å². The van der Waals surface area contributed by atoms with Crippen molar-refractivity contribution in [2.75, 3.05) is 7.05 Å². The third kappa shape index (κ3) is 2.08. The van der Waals surface area contributed by atoms with Gasteiger partial charge in [0, 0.05) is 4.90 Å². The molecule has 5 heteroatoms. The van der Waals surface area contributed by atoms with Crippen LogP contribution in [-0.4, -0.2) is 17.2 Å². The van der Waals surface area contributed by atoms with E-state index < -0.39 is 0 Å². The number of nitrogens with zero attached hydrogens (tertiary/aromatic N) is 2. The summed E-state index contributed by atoms with van der Waals surface area (Å²) in [6, 6.07) is 8.44. The predicted octanol–water partition coefficient (Wildman–Crippen LogP) is 2.18. The largest absolute Gasteiger partial charge is 0.423 e. The zero-order chi connectivity index (χ0) is 11.7. The van der Waals surface area contributed by atoms with E-state index in [1.165, 1.54) is 10.5 Å². The number of benzene rings is 1. The predicted molar refractivity (Wildman–Crippen MR) is 65.8 cm³/mol. The van der Waals surface area contributed by atoms with Crippen molar-refractivity contribution in [1.82, 2.24) is 15.5 Å². The van der Waals surface area contributed by atoms with Crippen LogP contribution in [0.4, 0.5) is 0 Å².